The molecule has 0 unspecified atom stereocenters. The van der Waals surface area contributed by atoms with Crippen molar-refractivity contribution in [1.29, 1.82) is 0 Å². The highest BCUT2D eigenvalue weighted by molar-refractivity contribution is 8.13. The van der Waals surface area contributed by atoms with E-state index in [1.807, 2.05) is 43.3 Å². The second-order valence-corrected chi connectivity index (χ2v) is 7.39. The van der Waals surface area contributed by atoms with Gasteiger partial charge in [-0.25, -0.2) is 8.42 Å². The Kier molecular flexibility index (Phi) is 4.44. The Morgan fingerprint density at radius 1 is 1.05 bits per heavy atom. The Morgan fingerprint density at radius 2 is 1.71 bits per heavy atom. The molecule has 0 fully saturated rings. The number of hydrogen-bond acceptors (Lipinski definition) is 4. The highest BCUT2D eigenvalue weighted by atomic mass is 35.7. The quantitative estimate of drug-likeness (QED) is 0.803. The highest BCUT2D eigenvalue weighted by Crippen LogP contribution is 2.28. The van der Waals surface area contributed by atoms with Crippen LogP contribution in [0.1, 0.15) is 5.56 Å². The van der Waals surface area contributed by atoms with Crippen molar-refractivity contribution in [1.82, 2.24) is 0 Å². The van der Waals surface area contributed by atoms with E-state index in [1.165, 1.54) is 6.07 Å². The zero-order valence-corrected chi connectivity index (χ0v) is 13.6. The van der Waals surface area contributed by atoms with E-state index in [0.29, 0.717) is 17.1 Å². The Bertz CT molecular complexity index is 757. The van der Waals surface area contributed by atoms with E-state index in [0.717, 1.165) is 5.69 Å². The van der Waals surface area contributed by atoms with Crippen molar-refractivity contribution in [2.45, 2.75) is 11.8 Å². The van der Waals surface area contributed by atoms with Crippen molar-refractivity contribution in [2.75, 3.05) is 19.0 Å². The number of nitrogens with zero attached hydrogens (tertiary/aromatic N) is 1. The first-order valence-electron chi connectivity index (χ1n) is 6.28. The summed E-state index contributed by atoms with van der Waals surface area (Å²) < 4.78 is 28.5. The molecule has 0 aliphatic carbocycles. The van der Waals surface area contributed by atoms with Gasteiger partial charge < -0.3 is 9.64 Å². The molecule has 0 aliphatic rings. The van der Waals surface area contributed by atoms with Gasteiger partial charge in [0.25, 0.3) is 9.05 Å². The first-order valence-corrected chi connectivity index (χ1v) is 8.59. The molecule has 0 heterocycles. The monoisotopic (exact) mass is 325 g/mol. The fraction of sp³-hybridized carbons (Fsp3) is 0.200. The van der Waals surface area contributed by atoms with Gasteiger partial charge in [-0.1, -0.05) is 6.07 Å². The Labute approximate surface area is 129 Å². The molecule has 0 saturated heterocycles. The van der Waals surface area contributed by atoms with Gasteiger partial charge >= 0.3 is 0 Å². The van der Waals surface area contributed by atoms with Gasteiger partial charge in [-0.15, -0.1) is 0 Å². The second-order valence-electron chi connectivity index (χ2n) is 4.86. The molecule has 0 bridgehead atoms. The molecule has 2 aromatic carbocycles. The molecule has 0 aliphatic heterocycles. The van der Waals surface area contributed by atoms with Crippen LogP contribution in [0.25, 0.3) is 0 Å². The van der Waals surface area contributed by atoms with E-state index in [2.05, 4.69) is 0 Å². The maximum absolute atomic E-state index is 11.4. The van der Waals surface area contributed by atoms with Crippen molar-refractivity contribution in [2.24, 2.45) is 0 Å². The van der Waals surface area contributed by atoms with Gasteiger partial charge in [-0.2, -0.15) is 0 Å². The fourth-order valence-corrected chi connectivity index (χ4v) is 3.11. The minimum Gasteiger partial charge on any atom is -0.457 e. The summed E-state index contributed by atoms with van der Waals surface area (Å²) in [6.07, 6.45) is 0. The van der Waals surface area contributed by atoms with Crippen LogP contribution in [-0.4, -0.2) is 22.5 Å². The van der Waals surface area contributed by atoms with Gasteiger partial charge in [0.15, 0.2) is 0 Å². The maximum Gasteiger partial charge on any atom is 0.261 e. The number of benzene rings is 2. The van der Waals surface area contributed by atoms with Gasteiger partial charge in [0.05, 0.1) is 4.90 Å². The smallest absolute Gasteiger partial charge is 0.261 e. The molecule has 0 saturated carbocycles. The molecule has 21 heavy (non-hydrogen) atoms. The van der Waals surface area contributed by atoms with Crippen LogP contribution in [0.2, 0.25) is 0 Å². The first kappa shape index (κ1) is 15.7. The van der Waals surface area contributed by atoms with Gasteiger partial charge in [0.2, 0.25) is 0 Å². The summed E-state index contributed by atoms with van der Waals surface area (Å²) >= 11 is 0. The van der Waals surface area contributed by atoms with Crippen LogP contribution in [0, 0.1) is 6.92 Å². The fourth-order valence-electron chi connectivity index (χ4n) is 1.92. The summed E-state index contributed by atoms with van der Waals surface area (Å²) in [6.45, 7) is 1.68. The zero-order chi connectivity index (χ0) is 15.6. The van der Waals surface area contributed by atoms with E-state index < -0.39 is 9.05 Å². The molecule has 0 atom stereocenters. The van der Waals surface area contributed by atoms with Crippen molar-refractivity contribution in [3.05, 3.63) is 48.0 Å². The summed E-state index contributed by atoms with van der Waals surface area (Å²) in [6, 6.07) is 12.3. The number of hydrogen-bond donors (Lipinski definition) is 0. The summed E-state index contributed by atoms with van der Waals surface area (Å²) in [5.74, 6) is 1.24. The molecule has 2 rings (SSSR count). The van der Waals surface area contributed by atoms with Crippen LogP contribution in [0.3, 0.4) is 0 Å². The van der Waals surface area contributed by atoms with Crippen molar-refractivity contribution < 1.29 is 13.2 Å². The van der Waals surface area contributed by atoms with Crippen LogP contribution in [0.15, 0.2) is 47.4 Å². The molecular formula is C15H16ClNO3S. The molecule has 6 heteroatoms. The predicted molar refractivity (Wildman–Crippen MR) is 85.1 cm³/mol. The van der Waals surface area contributed by atoms with Crippen LogP contribution in [-0.2, 0) is 9.05 Å². The topological polar surface area (TPSA) is 46.6 Å². The van der Waals surface area contributed by atoms with E-state index in [1.54, 1.807) is 19.1 Å². The molecular weight excluding hydrogens is 310 g/mol. The standard InChI is InChI=1S/C15H16ClNO3S/c1-11-9-14(7-8-15(11)21(16,18)19)20-13-6-4-5-12(10-13)17(2)3/h4-10H,1-3H3. The van der Waals surface area contributed by atoms with Gasteiger partial charge in [-0.05, 0) is 42.8 Å². The Balaban J connectivity index is 2.29. The van der Waals surface area contributed by atoms with Crippen LogP contribution in [0.4, 0.5) is 5.69 Å². The van der Waals surface area contributed by atoms with Crippen LogP contribution >= 0.6 is 10.7 Å². The highest BCUT2D eigenvalue weighted by Gasteiger charge is 2.14. The lowest BCUT2D eigenvalue weighted by Gasteiger charge is -2.14. The van der Waals surface area contributed by atoms with E-state index in [9.17, 15) is 8.42 Å². The summed E-state index contributed by atoms with van der Waals surface area (Å²) in [7, 11) is 5.52. The molecule has 112 valence electrons. The predicted octanol–water partition coefficient (Wildman–Crippen LogP) is 3.78. The van der Waals surface area contributed by atoms with E-state index >= 15 is 0 Å². The lowest BCUT2D eigenvalue weighted by molar-refractivity contribution is 0.481. The summed E-state index contributed by atoms with van der Waals surface area (Å²) in [5.41, 5.74) is 1.57. The number of aryl methyl sites for hydroxylation is 1. The average Bonchev–Trinajstić information content (AvgIpc) is 2.37. The van der Waals surface area contributed by atoms with Crippen molar-refractivity contribution in [3.63, 3.8) is 0 Å². The van der Waals surface area contributed by atoms with Crippen LogP contribution in [0.5, 0.6) is 11.5 Å². The Morgan fingerprint density at radius 3 is 2.29 bits per heavy atom. The van der Waals surface area contributed by atoms with Crippen molar-refractivity contribution >= 4 is 25.4 Å². The van der Waals surface area contributed by atoms with Gasteiger partial charge in [0.1, 0.15) is 11.5 Å². The third-order valence-electron chi connectivity index (χ3n) is 2.98. The number of rotatable bonds is 4. The molecule has 0 N–H and O–H groups in total. The minimum atomic E-state index is -3.73. The molecule has 0 spiro atoms. The zero-order valence-electron chi connectivity index (χ0n) is 12.0. The first-order chi connectivity index (χ1) is 9.77. The Hall–Kier alpha value is -1.72. The molecule has 4 nitrogen and oxygen atoms in total. The molecule has 0 amide bonds. The van der Waals surface area contributed by atoms with E-state index in [4.69, 9.17) is 15.4 Å². The maximum atomic E-state index is 11.4. The lowest BCUT2D eigenvalue weighted by Crippen LogP contribution is -2.08. The van der Waals surface area contributed by atoms with Crippen LogP contribution < -0.4 is 9.64 Å². The third-order valence-corrected chi connectivity index (χ3v) is 4.46. The third kappa shape index (κ3) is 3.89. The second kappa shape index (κ2) is 5.95. The van der Waals surface area contributed by atoms with Gasteiger partial charge in [0, 0.05) is 36.5 Å². The molecule has 0 radical (unpaired) electrons. The lowest BCUT2D eigenvalue weighted by atomic mass is 10.2. The number of ether oxygens (including phenoxy) is 1. The largest absolute Gasteiger partial charge is 0.457 e. The van der Waals surface area contributed by atoms with Crippen molar-refractivity contribution in [3.8, 4) is 11.5 Å². The molecule has 2 aromatic rings. The summed E-state index contributed by atoms with van der Waals surface area (Å²) in [5, 5.41) is 0. The normalized spacial score (nSPS) is 11.2. The number of halogens is 1. The number of anilines is 1. The van der Waals surface area contributed by atoms with Gasteiger partial charge in [-0.3, -0.25) is 0 Å². The SMILES string of the molecule is Cc1cc(Oc2cccc(N(C)C)c2)ccc1S(=O)(=O)Cl. The van der Waals surface area contributed by atoms with E-state index in [-0.39, 0.29) is 4.90 Å². The minimum absolute atomic E-state index is 0.0959. The average molecular weight is 326 g/mol. The summed E-state index contributed by atoms with van der Waals surface area (Å²) in [4.78, 5) is 2.07. The molecule has 0 aromatic heterocycles.